The van der Waals surface area contributed by atoms with E-state index in [2.05, 4.69) is 27.5 Å². The highest BCUT2D eigenvalue weighted by molar-refractivity contribution is 5.99. The Morgan fingerprint density at radius 2 is 2.09 bits per heavy atom. The first-order chi connectivity index (χ1) is 10.7. The molecular weight excluding hydrogens is 292 g/mol. The molecule has 7 heteroatoms. The molecule has 128 valence electrons. The third-order valence-corrected chi connectivity index (χ3v) is 4.06. The fourth-order valence-electron chi connectivity index (χ4n) is 2.71. The van der Waals surface area contributed by atoms with Crippen molar-refractivity contribution in [2.45, 2.75) is 64.6 Å². The van der Waals surface area contributed by atoms with Crippen molar-refractivity contribution in [3.05, 3.63) is 11.8 Å². The van der Waals surface area contributed by atoms with Crippen molar-refractivity contribution >= 4 is 17.6 Å². The maximum Gasteiger partial charge on any atom is 0.225 e. The highest BCUT2D eigenvalue weighted by Crippen LogP contribution is 2.27. The minimum Gasteiger partial charge on any atom is -0.393 e. The normalized spacial score (nSPS) is 25.0. The van der Waals surface area contributed by atoms with Crippen molar-refractivity contribution in [2.75, 3.05) is 10.6 Å². The lowest BCUT2D eigenvalue weighted by Gasteiger charge is -2.32. The van der Waals surface area contributed by atoms with Crippen molar-refractivity contribution in [3.8, 4) is 0 Å². The summed E-state index contributed by atoms with van der Waals surface area (Å²) in [5.74, 6) is 1.30. The van der Waals surface area contributed by atoms with Gasteiger partial charge in [0.1, 0.15) is 11.7 Å². The lowest BCUT2D eigenvalue weighted by molar-refractivity contribution is 0.0739. The van der Waals surface area contributed by atoms with Crippen molar-refractivity contribution in [1.29, 1.82) is 5.41 Å². The molecule has 0 aromatic carbocycles. The van der Waals surface area contributed by atoms with Crippen LogP contribution in [-0.2, 0) is 0 Å². The molecule has 3 atom stereocenters. The van der Waals surface area contributed by atoms with Crippen molar-refractivity contribution < 1.29 is 5.11 Å². The molecule has 1 aromatic rings. The van der Waals surface area contributed by atoms with E-state index in [0.717, 1.165) is 12.8 Å². The van der Waals surface area contributed by atoms with Gasteiger partial charge in [-0.05, 0) is 46.0 Å². The number of nitrogen functional groups attached to an aromatic ring is 1. The molecule has 23 heavy (non-hydrogen) atoms. The second-order valence-corrected chi connectivity index (χ2v) is 7.44. The summed E-state index contributed by atoms with van der Waals surface area (Å²) in [4.78, 5) is 8.72. The van der Waals surface area contributed by atoms with Gasteiger partial charge in [-0.15, -0.1) is 0 Å². The van der Waals surface area contributed by atoms with Gasteiger partial charge in [0.15, 0.2) is 0 Å². The zero-order valence-corrected chi connectivity index (χ0v) is 14.3. The second kappa shape index (κ2) is 6.70. The molecule has 1 saturated carbocycles. The number of anilines is 2. The zero-order valence-electron chi connectivity index (χ0n) is 14.3. The number of nitrogens with zero attached hydrogens (tertiary/aromatic N) is 2. The van der Waals surface area contributed by atoms with Gasteiger partial charge in [-0.1, -0.05) is 6.92 Å². The standard InChI is InChI=1S/C16H28N6O/c1-9-5-6-10(7-12(9)23)20-14-11(13(17)18)8-19-15(21-14)22-16(2,3)4/h8-10,12,23H,5-7H2,1-4H3,(H3,17,18)(H2,19,20,21,22)/t9-,10-,12-/m1/s1. The Kier molecular flexibility index (Phi) is 5.09. The van der Waals surface area contributed by atoms with Gasteiger partial charge in [-0.25, -0.2) is 4.98 Å². The average Bonchev–Trinajstić information content (AvgIpc) is 2.41. The van der Waals surface area contributed by atoms with E-state index < -0.39 is 0 Å². The maximum absolute atomic E-state index is 10.1. The van der Waals surface area contributed by atoms with Gasteiger partial charge < -0.3 is 21.5 Å². The van der Waals surface area contributed by atoms with Crippen molar-refractivity contribution in [2.24, 2.45) is 11.7 Å². The van der Waals surface area contributed by atoms with E-state index in [-0.39, 0.29) is 23.5 Å². The van der Waals surface area contributed by atoms with Crippen LogP contribution >= 0.6 is 0 Å². The lowest BCUT2D eigenvalue weighted by Crippen LogP contribution is -2.36. The second-order valence-electron chi connectivity index (χ2n) is 7.44. The number of hydrogen-bond donors (Lipinski definition) is 5. The number of nitrogens with one attached hydrogen (secondary N) is 3. The molecule has 1 heterocycles. The van der Waals surface area contributed by atoms with E-state index in [1.54, 1.807) is 6.20 Å². The van der Waals surface area contributed by atoms with Crippen LogP contribution in [0.15, 0.2) is 6.20 Å². The number of aromatic nitrogens is 2. The Labute approximate surface area is 137 Å². The molecule has 0 bridgehead atoms. The average molecular weight is 320 g/mol. The van der Waals surface area contributed by atoms with Crippen LogP contribution in [0.5, 0.6) is 0 Å². The summed E-state index contributed by atoms with van der Waals surface area (Å²) in [5.41, 5.74) is 5.96. The summed E-state index contributed by atoms with van der Waals surface area (Å²) in [5, 5.41) is 24.3. The summed E-state index contributed by atoms with van der Waals surface area (Å²) in [6.07, 6.45) is 3.85. The Balaban J connectivity index is 2.20. The predicted molar refractivity (Wildman–Crippen MR) is 92.9 cm³/mol. The molecule has 1 fully saturated rings. The first-order valence-electron chi connectivity index (χ1n) is 8.10. The molecule has 7 nitrogen and oxygen atoms in total. The predicted octanol–water partition coefficient (Wildman–Crippen LogP) is 1.93. The molecule has 0 amide bonds. The number of amidine groups is 1. The Morgan fingerprint density at radius 1 is 1.39 bits per heavy atom. The first-order valence-corrected chi connectivity index (χ1v) is 8.10. The smallest absolute Gasteiger partial charge is 0.225 e. The van der Waals surface area contributed by atoms with Gasteiger partial charge in [0.25, 0.3) is 0 Å². The molecule has 6 N–H and O–H groups in total. The van der Waals surface area contributed by atoms with Crippen LogP contribution in [0.25, 0.3) is 0 Å². The Hall–Kier alpha value is -1.89. The molecule has 1 aliphatic carbocycles. The Bertz CT molecular complexity index is 568. The number of hydrogen-bond acceptors (Lipinski definition) is 6. The van der Waals surface area contributed by atoms with Crippen molar-refractivity contribution in [1.82, 2.24) is 9.97 Å². The number of aliphatic hydroxyl groups excluding tert-OH is 1. The summed E-state index contributed by atoms with van der Waals surface area (Å²) in [7, 11) is 0. The van der Waals surface area contributed by atoms with Gasteiger partial charge in [0.05, 0.1) is 11.7 Å². The van der Waals surface area contributed by atoms with Crippen LogP contribution in [0.4, 0.5) is 11.8 Å². The zero-order chi connectivity index (χ0) is 17.2. The molecule has 1 aromatic heterocycles. The monoisotopic (exact) mass is 320 g/mol. The van der Waals surface area contributed by atoms with Gasteiger partial charge >= 0.3 is 0 Å². The van der Waals surface area contributed by atoms with Gasteiger partial charge in [-0.2, -0.15) is 4.98 Å². The van der Waals surface area contributed by atoms with E-state index in [4.69, 9.17) is 11.1 Å². The van der Waals surface area contributed by atoms with Gasteiger partial charge in [0, 0.05) is 17.8 Å². The molecule has 0 aliphatic heterocycles. The van der Waals surface area contributed by atoms with E-state index in [1.165, 1.54) is 0 Å². The molecule has 0 spiro atoms. The number of rotatable bonds is 4. The highest BCUT2D eigenvalue weighted by atomic mass is 16.3. The SMILES string of the molecule is C[C@@H]1CC[C@@H](Nc2nc(NC(C)(C)C)ncc2C(=N)N)C[C@H]1O. The van der Waals surface area contributed by atoms with Crippen molar-refractivity contribution in [3.63, 3.8) is 0 Å². The highest BCUT2D eigenvalue weighted by Gasteiger charge is 2.27. The largest absolute Gasteiger partial charge is 0.393 e. The summed E-state index contributed by atoms with van der Waals surface area (Å²) < 4.78 is 0. The van der Waals surface area contributed by atoms with E-state index in [0.29, 0.717) is 29.7 Å². The van der Waals surface area contributed by atoms with Crippen LogP contribution in [0, 0.1) is 11.3 Å². The fraction of sp³-hybridized carbons (Fsp3) is 0.688. The molecule has 0 saturated heterocycles. The Morgan fingerprint density at radius 3 is 2.65 bits per heavy atom. The summed E-state index contributed by atoms with van der Waals surface area (Å²) >= 11 is 0. The van der Waals surface area contributed by atoms with E-state index in [9.17, 15) is 5.11 Å². The summed E-state index contributed by atoms with van der Waals surface area (Å²) in [6, 6.07) is 0.122. The quantitative estimate of drug-likeness (QED) is 0.427. The molecular formula is C16H28N6O. The third kappa shape index (κ3) is 4.79. The van der Waals surface area contributed by atoms with E-state index in [1.807, 2.05) is 20.8 Å². The van der Waals surface area contributed by atoms with Gasteiger partial charge in [-0.3, -0.25) is 5.41 Å². The minimum absolute atomic E-state index is 0.0699. The molecule has 0 radical (unpaired) electrons. The topological polar surface area (TPSA) is 120 Å². The molecule has 2 rings (SSSR count). The first kappa shape index (κ1) is 17.5. The maximum atomic E-state index is 10.1. The van der Waals surface area contributed by atoms with E-state index >= 15 is 0 Å². The molecule has 1 aliphatic rings. The minimum atomic E-state index is -0.309. The van der Waals surface area contributed by atoms with Crippen LogP contribution in [0.1, 0.15) is 52.5 Å². The fourth-order valence-corrected chi connectivity index (χ4v) is 2.71. The number of nitrogens with two attached hydrogens (primary N) is 1. The number of aliphatic hydroxyl groups is 1. The molecule has 0 unspecified atom stereocenters. The third-order valence-electron chi connectivity index (χ3n) is 4.06. The lowest BCUT2D eigenvalue weighted by atomic mass is 9.85. The van der Waals surface area contributed by atoms with Crippen LogP contribution in [0.2, 0.25) is 0 Å². The summed E-state index contributed by atoms with van der Waals surface area (Å²) in [6.45, 7) is 8.15. The van der Waals surface area contributed by atoms with Crippen LogP contribution < -0.4 is 16.4 Å². The van der Waals surface area contributed by atoms with Crippen LogP contribution in [-0.4, -0.2) is 38.6 Å². The van der Waals surface area contributed by atoms with Gasteiger partial charge in [0.2, 0.25) is 5.95 Å². The van der Waals surface area contributed by atoms with Crippen LogP contribution in [0.3, 0.4) is 0 Å².